The van der Waals surface area contributed by atoms with E-state index in [9.17, 15) is 14.7 Å². The number of hydrogen-bond acceptors (Lipinski definition) is 6. The van der Waals surface area contributed by atoms with E-state index in [2.05, 4.69) is 17.5 Å². The van der Waals surface area contributed by atoms with Crippen LogP contribution >= 0.6 is 11.3 Å². The molecule has 8 heteroatoms. The van der Waals surface area contributed by atoms with Gasteiger partial charge in [0.2, 0.25) is 0 Å². The van der Waals surface area contributed by atoms with Crippen LogP contribution in [0.15, 0.2) is 35.9 Å². The van der Waals surface area contributed by atoms with Crippen molar-refractivity contribution in [3.8, 4) is 0 Å². The van der Waals surface area contributed by atoms with Crippen LogP contribution in [-0.4, -0.2) is 40.9 Å². The van der Waals surface area contributed by atoms with Crippen molar-refractivity contribution in [3.05, 3.63) is 51.2 Å². The number of nitrogens with zero attached hydrogens (tertiary/aromatic N) is 2. The summed E-state index contributed by atoms with van der Waals surface area (Å²) >= 11 is 1.69. The van der Waals surface area contributed by atoms with Gasteiger partial charge in [0.05, 0.1) is 24.3 Å². The molecule has 1 fully saturated rings. The minimum absolute atomic E-state index is 0. The van der Waals surface area contributed by atoms with Gasteiger partial charge in [0.25, 0.3) is 5.91 Å². The minimum atomic E-state index is -1.29. The van der Waals surface area contributed by atoms with Crippen molar-refractivity contribution < 1.29 is 49.0 Å². The second-order valence-corrected chi connectivity index (χ2v) is 7.67. The third-order valence-corrected chi connectivity index (χ3v) is 6.17. The number of thiophene rings is 1. The van der Waals surface area contributed by atoms with Crippen molar-refractivity contribution >= 4 is 29.3 Å². The number of carboxylic acids is 1. The third-order valence-electron chi connectivity index (χ3n) is 4.99. The molecule has 1 aromatic heterocycles. The summed E-state index contributed by atoms with van der Waals surface area (Å²) in [5.41, 5.74) is 1.90. The van der Waals surface area contributed by atoms with Crippen LogP contribution in [0.25, 0.3) is 6.08 Å². The average Bonchev–Trinajstić information content (AvgIpc) is 3.20. The van der Waals surface area contributed by atoms with Gasteiger partial charge in [0.15, 0.2) is 5.88 Å². The fourth-order valence-electron chi connectivity index (χ4n) is 3.72. The fraction of sp³-hybridized carbons (Fsp3) is 0.368. The van der Waals surface area contributed by atoms with Crippen molar-refractivity contribution in [1.29, 1.82) is 0 Å². The topological polar surface area (TPSA) is 72.9 Å². The van der Waals surface area contributed by atoms with Crippen LogP contribution < -0.4 is 34.7 Å². The number of ether oxygens (including phenoxy) is 1. The van der Waals surface area contributed by atoms with E-state index >= 15 is 0 Å². The molecular weight excluding hydrogens is 375 g/mol. The molecule has 0 spiro atoms. The minimum Gasteiger partial charge on any atom is -0.543 e. The maximum absolute atomic E-state index is 12.3. The Morgan fingerprint density at radius 1 is 1.52 bits per heavy atom. The standard InChI is InChI=1S/C19H20N2O4S.Na/c1-3-25-11(2)20-7-6-17-12(10-20)8-13(26-17)9-14-15-4-5-16(19(23)24)21(15)18(14)22;/h5,8-9,15H,2-4,6-7,10H2,1H3,(H,23,24);/q;+1/p-1/b14-9+;. The molecule has 136 valence electrons. The monoisotopic (exact) mass is 394 g/mol. The fourth-order valence-corrected chi connectivity index (χ4v) is 4.84. The Bertz CT molecular complexity index is 873. The van der Waals surface area contributed by atoms with Gasteiger partial charge < -0.3 is 19.5 Å². The molecule has 6 nitrogen and oxygen atoms in total. The number of fused-ring (bicyclic) bond motifs is 2. The molecule has 0 aromatic carbocycles. The first-order valence-corrected chi connectivity index (χ1v) is 9.46. The largest absolute Gasteiger partial charge is 1.00 e. The molecule has 0 radical (unpaired) electrons. The number of carbonyl (C=O) groups is 2. The first kappa shape index (κ1) is 20.2. The zero-order valence-electron chi connectivity index (χ0n) is 15.5. The van der Waals surface area contributed by atoms with Crippen molar-refractivity contribution in [1.82, 2.24) is 9.80 Å². The second-order valence-electron chi connectivity index (χ2n) is 6.50. The van der Waals surface area contributed by atoms with E-state index in [0.717, 1.165) is 24.4 Å². The number of carboxylic acid groups (broad SMARTS) is 1. The zero-order valence-corrected chi connectivity index (χ0v) is 18.3. The normalized spacial score (nSPS) is 21.8. The van der Waals surface area contributed by atoms with Gasteiger partial charge in [-0.3, -0.25) is 9.69 Å². The molecule has 1 amide bonds. The molecule has 0 N–H and O–H groups in total. The van der Waals surface area contributed by atoms with Gasteiger partial charge in [-0.15, -0.1) is 11.3 Å². The number of β-lactam (4-membered cyclic amide) rings is 1. The van der Waals surface area contributed by atoms with Crippen molar-refractivity contribution in [2.75, 3.05) is 13.2 Å². The van der Waals surface area contributed by atoms with Gasteiger partial charge in [0, 0.05) is 28.4 Å². The Balaban J connectivity index is 0.00000210. The first-order chi connectivity index (χ1) is 12.5. The molecule has 1 saturated heterocycles. The third kappa shape index (κ3) is 3.49. The number of carbonyl (C=O) groups excluding carboxylic acids is 2. The molecule has 4 heterocycles. The van der Waals surface area contributed by atoms with E-state index in [1.165, 1.54) is 15.3 Å². The predicted molar refractivity (Wildman–Crippen MR) is 95.5 cm³/mol. The van der Waals surface area contributed by atoms with E-state index in [4.69, 9.17) is 4.74 Å². The van der Waals surface area contributed by atoms with Crippen LogP contribution in [0.4, 0.5) is 0 Å². The molecule has 3 aliphatic rings. The number of hydrogen-bond donors (Lipinski definition) is 0. The van der Waals surface area contributed by atoms with Gasteiger partial charge >= 0.3 is 29.6 Å². The number of aliphatic carboxylic acids is 1. The number of amides is 1. The van der Waals surface area contributed by atoms with Gasteiger partial charge in [-0.2, -0.15) is 0 Å². The molecule has 1 unspecified atom stereocenters. The Morgan fingerprint density at radius 3 is 3.00 bits per heavy atom. The van der Waals surface area contributed by atoms with Crippen LogP contribution in [0.2, 0.25) is 0 Å². The van der Waals surface area contributed by atoms with Gasteiger partial charge in [0.1, 0.15) is 0 Å². The first-order valence-electron chi connectivity index (χ1n) is 8.64. The summed E-state index contributed by atoms with van der Waals surface area (Å²) in [7, 11) is 0. The van der Waals surface area contributed by atoms with Crippen molar-refractivity contribution in [2.24, 2.45) is 0 Å². The maximum Gasteiger partial charge on any atom is 1.00 e. The Labute approximate surface area is 184 Å². The Morgan fingerprint density at radius 2 is 2.30 bits per heavy atom. The SMILES string of the molecule is C=C(OCC)N1CCc2sc(/C=C3/C(=O)N4C(C(=O)[O-])=CCC34)cc2C1.[Na+]. The number of rotatable bonds is 5. The molecule has 4 rings (SSSR count). The summed E-state index contributed by atoms with van der Waals surface area (Å²) in [5, 5.41) is 11.1. The van der Waals surface area contributed by atoms with E-state index in [1.54, 1.807) is 17.4 Å². The summed E-state index contributed by atoms with van der Waals surface area (Å²) in [6.07, 6.45) is 4.93. The van der Waals surface area contributed by atoms with Crippen molar-refractivity contribution in [3.63, 3.8) is 0 Å². The summed E-state index contributed by atoms with van der Waals surface area (Å²) in [6, 6.07) is 1.94. The quantitative estimate of drug-likeness (QED) is 0.256. The zero-order chi connectivity index (χ0) is 18.4. The average molecular weight is 394 g/mol. The summed E-state index contributed by atoms with van der Waals surface area (Å²) in [6.45, 7) is 8.15. The van der Waals surface area contributed by atoms with Crippen molar-refractivity contribution in [2.45, 2.75) is 32.4 Å². The van der Waals surface area contributed by atoms with Gasteiger partial charge in [-0.1, -0.05) is 6.08 Å². The molecule has 3 aliphatic heterocycles. The summed E-state index contributed by atoms with van der Waals surface area (Å²) < 4.78 is 5.50. The predicted octanol–water partition coefficient (Wildman–Crippen LogP) is -1.75. The van der Waals surface area contributed by atoms with Crippen LogP contribution in [0.5, 0.6) is 0 Å². The van der Waals surface area contributed by atoms with E-state index < -0.39 is 5.97 Å². The van der Waals surface area contributed by atoms with Crippen LogP contribution in [0.1, 0.15) is 28.7 Å². The van der Waals surface area contributed by atoms with Crippen LogP contribution in [-0.2, 0) is 27.3 Å². The van der Waals surface area contributed by atoms with Gasteiger partial charge in [-0.25, -0.2) is 0 Å². The maximum atomic E-state index is 12.3. The van der Waals surface area contributed by atoms with E-state index in [1.807, 2.05) is 13.0 Å². The summed E-state index contributed by atoms with van der Waals surface area (Å²) in [5.74, 6) is -0.831. The smallest absolute Gasteiger partial charge is 0.543 e. The molecule has 1 atom stereocenters. The van der Waals surface area contributed by atoms with Crippen LogP contribution in [0, 0.1) is 0 Å². The van der Waals surface area contributed by atoms with E-state index in [-0.39, 0.29) is 47.2 Å². The second kappa shape index (κ2) is 7.83. The summed E-state index contributed by atoms with van der Waals surface area (Å²) in [4.78, 5) is 29.2. The molecule has 1 aromatic rings. The van der Waals surface area contributed by atoms with E-state index in [0.29, 0.717) is 24.5 Å². The molecule has 0 saturated carbocycles. The molecular formula is C19H19N2NaO4S. The van der Waals surface area contributed by atoms with Gasteiger partial charge in [-0.05, 0) is 44.1 Å². The molecule has 0 bridgehead atoms. The Kier molecular flexibility index (Phi) is 5.86. The molecule has 0 aliphatic carbocycles. The van der Waals surface area contributed by atoms with Crippen LogP contribution in [0.3, 0.4) is 0 Å². The Hall–Kier alpha value is -1.54. The molecule has 27 heavy (non-hydrogen) atoms.